The van der Waals surface area contributed by atoms with E-state index in [0.29, 0.717) is 5.56 Å². The molecule has 0 fully saturated rings. The maximum Gasteiger partial charge on any atom is 0.192 e. The van der Waals surface area contributed by atoms with Gasteiger partial charge in [0.2, 0.25) is 0 Å². The number of benzene rings is 3. The van der Waals surface area contributed by atoms with Crippen molar-refractivity contribution in [2.24, 2.45) is 0 Å². The van der Waals surface area contributed by atoms with E-state index in [2.05, 4.69) is 56.5 Å². The molecule has 5 rings (SSSR count). The Morgan fingerprint density at radius 2 is 1.51 bits per heavy atom. The number of Topliss-reactive ketones (excluding diaryl/α,β-unsaturated/α-hetero) is 1. The molecule has 0 saturated carbocycles. The van der Waals surface area contributed by atoms with Crippen LogP contribution in [0.25, 0.3) is 0 Å². The predicted octanol–water partition coefficient (Wildman–Crippen LogP) is 6.89. The molecule has 0 aliphatic carbocycles. The van der Waals surface area contributed by atoms with Crippen molar-refractivity contribution in [1.82, 2.24) is 14.8 Å². The molecule has 5 aromatic rings. The Hall–Kier alpha value is -3.48. The molecule has 1 atom stereocenters. The first-order chi connectivity index (χ1) is 17.3. The third-order valence-electron chi connectivity index (χ3n) is 5.79. The zero-order chi connectivity index (χ0) is 23.9. The second-order valence-electron chi connectivity index (χ2n) is 8.18. The van der Waals surface area contributed by atoms with Crippen molar-refractivity contribution in [3.63, 3.8) is 0 Å². The van der Waals surface area contributed by atoms with Crippen molar-refractivity contribution in [3.8, 4) is 0 Å². The van der Waals surface area contributed by atoms with Gasteiger partial charge in [-0.2, -0.15) is 0 Å². The smallest absolute Gasteiger partial charge is 0.192 e. The minimum absolute atomic E-state index is 0.0687. The number of nitrogens with zero attached hydrogens (tertiary/aromatic N) is 3. The summed E-state index contributed by atoms with van der Waals surface area (Å²) in [4.78, 5) is 14.9. The molecule has 3 aromatic carbocycles. The molecule has 0 radical (unpaired) electrons. The number of rotatable bonds is 10. The highest BCUT2D eigenvalue weighted by atomic mass is 32.2. The van der Waals surface area contributed by atoms with Crippen LogP contribution in [-0.4, -0.2) is 20.5 Å². The minimum Gasteiger partial charge on any atom is -0.305 e. The van der Waals surface area contributed by atoms with E-state index < -0.39 is 5.25 Å². The van der Waals surface area contributed by atoms with Crippen LogP contribution in [0.1, 0.15) is 37.4 Å². The topological polar surface area (TPSA) is 47.8 Å². The van der Waals surface area contributed by atoms with Gasteiger partial charge in [-0.25, -0.2) is 0 Å². The fourth-order valence-corrected chi connectivity index (χ4v) is 5.84. The van der Waals surface area contributed by atoms with E-state index in [-0.39, 0.29) is 5.78 Å². The zero-order valence-electron chi connectivity index (χ0n) is 19.2. The molecule has 4 nitrogen and oxygen atoms in total. The minimum atomic E-state index is -0.409. The van der Waals surface area contributed by atoms with Gasteiger partial charge in [-0.05, 0) is 29.0 Å². The maximum absolute atomic E-state index is 13.6. The van der Waals surface area contributed by atoms with Gasteiger partial charge in [-0.15, -0.1) is 21.5 Å². The lowest BCUT2D eigenvalue weighted by Gasteiger charge is -2.17. The van der Waals surface area contributed by atoms with Gasteiger partial charge in [0.25, 0.3) is 0 Å². The molecular weight excluding hydrogens is 470 g/mol. The SMILES string of the molecule is O=C(c1ccccc1)C(Sc1nnc(Cc2cccs2)n1CCc1ccccc1)c1ccccc1. The van der Waals surface area contributed by atoms with E-state index in [1.165, 1.54) is 22.2 Å². The zero-order valence-corrected chi connectivity index (χ0v) is 20.8. The molecule has 1 unspecified atom stereocenters. The second kappa shape index (κ2) is 11.3. The van der Waals surface area contributed by atoms with Crippen molar-refractivity contribution >= 4 is 28.9 Å². The lowest BCUT2D eigenvalue weighted by molar-refractivity contribution is 0.0989. The first-order valence-electron chi connectivity index (χ1n) is 11.6. The summed E-state index contributed by atoms with van der Waals surface area (Å²) in [5.41, 5.74) is 2.92. The Morgan fingerprint density at radius 1 is 0.829 bits per heavy atom. The summed E-state index contributed by atoms with van der Waals surface area (Å²) in [7, 11) is 0. The van der Waals surface area contributed by atoms with Crippen molar-refractivity contribution in [2.75, 3.05) is 0 Å². The van der Waals surface area contributed by atoms with Gasteiger partial charge >= 0.3 is 0 Å². The van der Waals surface area contributed by atoms with Crippen LogP contribution in [-0.2, 0) is 19.4 Å². The van der Waals surface area contributed by atoms with Crippen LogP contribution in [0.4, 0.5) is 0 Å². The van der Waals surface area contributed by atoms with Gasteiger partial charge in [0.15, 0.2) is 10.9 Å². The number of aromatic nitrogens is 3. The third-order valence-corrected chi connectivity index (χ3v) is 7.91. The van der Waals surface area contributed by atoms with Crippen LogP contribution in [0.3, 0.4) is 0 Å². The number of hydrogen-bond donors (Lipinski definition) is 0. The van der Waals surface area contributed by atoms with E-state index in [1.54, 1.807) is 11.3 Å². The van der Waals surface area contributed by atoms with Crippen molar-refractivity contribution in [2.45, 2.75) is 29.8 Å². The van der Waals surface area contributed by atoms with E-state index in [1.807, 2.05) is 66.7 Å². The number of thiophene rings is 1. The summed E-state index contributed by atoms with van der Waals surface area (Å²) < 4.78 is 2.19. The van der Waals surface area contributed by atoms with E-state index in [4.69, 9.17) is 0 Å². The van der Waals surface area contributed by atoms with Crippen molar-refractivity contribution in [1.29, 1.82) is 0 Å². The van der Waals surface area contributed by atoms with Gasteiger partial charge < -0.3 is 4.57 Å². The number of carbonyl (C=O) groups is 1. The molecule has 2 heterocycles. The van der Waals surface area contributed by atoms with Gasteiger partial charge in [0, 0.05) is 23.4 Å². The predicted molar refractivity (Wildman–Crippen MR) is 143 cm³/mol. The van der Waals surface area contributed by atoms with Crippen LogP contribution in [0, 0.1) is 0 Å². The first-order valence-corrected chi connectivity index (χ1v) is 13.3. The summed E-state index contributed by atoms with van der Waals surface area (Å²) >= 11 is 3.20. The van der Waals surface area contributed by atoms with Crippen molar-refractivity contribution in [3.05, 3.63) is 136 Å². The molecule has 0 amide bonds. The molecule has 0 aliphatic rings. The van der Waals surface area contributed by atoms with Crippen LogP contribution >= 0.6 is 23.1 Å². The molecule has 2 aromatic heterocycles. The molecule has 0 N–H and O–H groups in total. The number of carbonyl (C=O) groups excluding carboxylic acids is 1. The first kappa shape index (κ1) is 23.3. The summed E-state index contributed by atoms with van der Waals surface area (Å²) in [5.74, 6) is 0.990. The second-order valence-corrected chi connectivity index (χ2v) is 10.3. The Labute approximate surface area is 213 Å². The van der Waals surface area contributed by atoms with Gasteiger partial charge in [-0.1, -0.05) is 109 Å². The number of aryl methyl sites for hydroxylation is 1. The fraction of sp³-hybridized carbons (Fsp3) is 0.138. The highest BCUT2D eigenvalue weighted by Gasteiger charge is 2.26. The molecule has 6 heteroatoms. The maximum atomic E-state index is 13.6. The third kappa shape index (κ3) is 5.78. The fourth-order valence-electron chi connectivity index (χ4n) is 3.98. The summed E-state index contributed by atoms with van der Waals surface area (Å²) in [6.45, 7) is 0.751. The van der Waals surface area contributed by atoms with Crippen LogP contribution in [0.2, 0.25) is 0 Å². The van der Waals surface area contributed by atoms with Gasteiger partial charge in [0.1, 0.15) is 11.1 Å². The van der Waals surface area contributed by atoms with Crippen LogP contribution in [0.5, 0.6) is 0 Å². The van der Waals surface area contributed by atoms with Crippen LogP contribution in [0.15, 0.2) is 114 Å². The lowest BCUT2D eigenvalue weighted by atomic mass is 10.0. The van der Waals surface area contributed by atoms with Gasteiger partial charge in [0.05, 0.1) is 0 Å². The molecular formula is C29H25N3OS2. The Morgan fingerprint density at radius 3 is 2.20 bits per heavy atom. The lowest BCUT2D eigenvalue weighted by Crippen LogP contribution is -2.13. The number of thioether (sulfide) groups is 1. The molecule has 0 saturated heterocycles. The van der Waals surface area contributed by atoms with Crippen molar-refractivity contribution < 1.29 is 4.79 Å². The quantitative estimate of drug-likeness (QED) is 0.156. The molecule has 174 valence electrons. The van der Waals surface area contributed by atoms with Crippen LogP contribution < -0.4 is 0 Å². The Balaban J connectivity index is 1.48. The summed E-state index contributed by atoms with van der Waals surface area (Å²) in [6.07, 6.45) is 1.59. The van der Waals surface area contributed by atoms with Gasteiger partial charge in [-0.3, -0.25) is 4.79 Å². The number of hydrogen-bond acceptors (Lipinski definition) is 5. The monoisotopic (exact) mass is 495 g/mol. The molecule has 35 heavy (non-hydrogen) atoms. The largest absolute Gasteiger partial charge is 0.305 e. The molecule has 0 spiro atoms. The normalized spacial score (nSPS) is 11.9. The summed E-state index contributed by atoms with van der Waals surface area (Å²) in [6, 6.07) is 34.1. The average Bonchev–Trinajstić information content (AvgIpc) is 3.57. The Kier molecular flexibility index (Phi) is 7.51. The average molecular weight is 496 g/mol. The molecule has 0 bridgehead atoms. The van der Waals surface area contributed by atoms with E-state index in [9.17, 15) is 4.79 Å². The summed E-state index contributed by atoms with van der Waals surface area (Å²) in [5, 5.41) is 11.6. The molecule has 0 aliphatic heterocycles. The highest BCUT2D eigenvalue weighted by molar-refractivity contribution is 8.00. The Bertz CT molecular complexity index is 1350. The van der Waals surface area contributed by atoms with E-state index in [0.717, 1.165) is 35.9 Å². The standard InChI is InChI=1S/C29H25N3OS2/c33-27(23-13-6-2-7-14-23)28(24-15-8-3-9-16-24)35-29-31-30-26(21-25-17-10-20-34-25)32(29)19-18-22-11-4-1-5-12-22/h1-17,20,28H,18-19,21H2. The highest BCUT2D eigenvalue weighted by Crippen LogP contribution is 2.37. The number of ketones is 1. The van der Waals surface area contributed by atoms with E-state index >= 15 is 0 Å².